The largest absolute Gasteiger partial charge is 0.455 e. The zero-order valence-electron chi connectivity index (χ0n) is 30.6. The summed E-state index contributed by atoms with van der Waals surface area (Å²) in [6.45, 7) is 0. The molecule has 1 aromatic heterocycles. The zero-order chi connectivity index (χ0) is 37.0. The second-order valence-electron chi connectivity index (χ2n) is 14.4. The molecule has 0 saturated heterocycles. The van der Waals surface area contributed by atoms with E-state index in [0.717, 1.165) is 61.3 Å². The maximum atomic E-state index is 6.62. The predicted molar refractivity (Wildman–Crippen MR) is 237 cm³/mol. The summed E-state index contributed by atoms with van der Waals surface area (Å²) in [6.07, 6.45) is 0. The van der Waals surface area contributed by atoms with Crippen molar-refractivity contribution in [1.82, 2.24) is 0 Å². The van der Waals surface area contributed by atoms with Crippen molar-refractivity contribution in [2.75, 3.05) is 4.90 Å². The van der Waals surface area contributed by atoms with Gasteiger partial charge in [-0.05, 0) is 85.8 Å². The third-order valence-corrected chi connectivity index (χ3v) is 11.3. The van der Waals surface area contributed by atoms with Gasteiger partial charge >= 0.3 is 0 Å². The van der Waals surface area contributed by atoms with Crippen LogP contribution in [-0.4, -0.2) is 0 Å². The van der Waals surface area contributed by atoms with Gasteiger partial charge in [-0.3, -0.25) is 0 Å². The second-order valence-corrected chi connectivity index (χ2v) is 14.4. The number of anilines is 3. The number of nitrogens with zero attached hydrogens (tertiary/aromatic N) is 1. The Labute approximate surface area is 325 Å². The molecule has 10 aromatic carbocycles. The first-order chi connectivity index (χ1) is 27.8. The Kier molecular flexibility index (Phi) is 7.53. The van der Waals surface area contributed by atoms with Crippen LogP contribution in [0.4, 0.5) is 17.1 Å². The average molecular weight is 714 g/mol. The monoisotopic (exact) mass is 713 g/mol. The Balaban J connectivity index is 1.13. The maximum Gasteiger partial charge on any atom is 0.143 e. The number of hydrogen-bond acceptors (Lipinski definition) is 2. The molecule has 0 N–H and O–H groups in total. The molecule has 0 bridgehead atoms. The highest BCUT2D eigenvalue weighted by Gasteiger charge is 2.21. The first-order valence-corrected chi connectivity index (χ1v) is 19.2. The number of para-hydroxylation sites is 1. The van der Waals surface area contributed by atoms with E-state index in [-0.39, 0.29) is 0 Å². The Morgan fingerprint density at radius 3 is 1.62 bits per heavy atom. The molecule has 0 amide bonds. The molecule has 0 radical (unpaired) electrons. The van der Waals surface area contributed by atoms with Gasteiger partial charge in [0.15, 0.2) is 0 Å². The quantitative estimate of drug-likeness (QED) is 0.160. The average Bonchev–Trinajstić information content (AvgIpc) is 3.67. The summed E-state index contributed by atoms with van der Waals surface area (Å²) in [5.74, 6) is 0. The van der Waals surface area contributed by atoms with Crippen molar-refractivity contribution < 1.29 is 4.42 Å². The lowest BCUT2D eigenvalue weighted by Crippen LogP contribution is -2.11. The van der Waals surface area contributed by atoms with Crippen molar-refractivity contribution in [3.63, 3.8) is 0 Å². The first kappa shape index (κ1) is 32.0. The molecule has 0 aliphatic heterocycles. The summed E-state index contributed by atoms with van der Waals surface area (Å²) in [5, 5.41) is 9.59. The van der Waals surface area contributed by atoms with E-state index in [0.29, 0.717) is 0 Å². The fourth-order valence-electron chi connectivity index (χ4n) is 8.69. The molecular weight excluding hydrogens is 679 g/mol. The smallest absolute Gasteiger partial charge is 0.143 e. The molecule has 0 saturated carbocycles. The van der Waals surface area contributed by atoms with Crippen molar-refractivity contribution in [3.05, 3.63) is 212 Å². The number of rotatable bonds is 6. The van der Waals surface area contributed by atoms with Gasteiger partial charge in [-0.25, -0.2) is 0 Å². The summed E-state index contributed by atoms with van der Waals surface area (Å²) < 4.78 is 6.62. The first-order valence-electron chi connectivity index (χ1n) is 19.2. The Bertz CT molecular complexity index is 3230. The molecule has 0 fully saturated rings. The van der Waals surface area contributed by atoms with Crippen LogP contribution in [0.5, 0.6) is 0 Å². The van der Waals surface area contributed by atoms with Gasteiger partial charge in [-0.2, -0.15) is 0 Å². The van der Waals surface area contributed by atoms with Crippen LogP contribution in [0.25, 0.3) is 87.6 Å². The van der Waals surface area contributed by atoms with Crippen LogP contribution >= 0.6 is 0 Å². The molecule has 2 nitrogen and oxygen atoms in total. The molecule has 0 spiro atoms. The lowest BCUT2D eigenvalue weighted by Gasteiger charge is -2.29. The Morgan fingerprint density at radius 2 is 0.857 bits per heavy atom. The van der Waals surface area contributed by atoms with Gasteiger partial charge < -0.3 is 9.32 Å². The van der Waals surface area contributed by atoms with Gasteiger partial charge in [0.25, 0.3) is 0 Å². The molecule has 1 heterocycles. The number of hydrogen-bond donors (Lipinski definition) is 0. The molecule has 11 rings (SSSR count). The summed E-state index contributed by atoms with van der Waals surface area (Å²) in [4.78, 5) is 2.44. The highest BCUT2D eigenvalue weighted by atomic mass is 16.3. The van der Waals surface area contributed by atoms with Crippen LogP contribution in [0.15, 0.2) is 217 Å². The van der Waals surface area contributed by atoms with Crippen LogP contribution in [0, 0.1) is 0 Å². The molecule has 0 aliphatic carbocycles. The van der Waals surface area contributed by atoms with E-state index in [1.165, 1.54) is 43.4 Å². The SMILES string of the molecule is c1ccc(-c2cccc3c(N(c4ccc(-c5ccc(-c6ccccc6)c6oc7ccccc7c56)cc4)c4cccc5c4ccc4ccccc45)cccc23)cc1. The summed E-state index contributed by atoms with van der Waals surface area (Å²) in [7, 11) is 0. The summed E-state index contributed by atoms with van der Waals surface area (Å²) in [6, 6.07) is 76.4. The summed E-state index contributed by atoms with van der Waals surface area (Å²) in [5.41, 5.74) is 12.1. The van der Waals surface area contributed by atoms with Crippen molar-refractivity contribution >= 4 is 71.3 Å². The second kappa shape index (κ2) is 13.2. The number of furan rings is 1. The maximum absolute atomic E-state index is 6.62. The highest BCUT2D eigenvalue weighted by molar-refractivity contribution is 6.17. The van der Waals surface area contributed by atoms with E-state index in [1.807, 2.05) is 6.07 Å². The third-order valence-electron chi connectivity index (χ3n) is 11.3. The zero-order valence-corrected chi connectivity index (χ0v) is 30.6. The Morgan fingerprint density at radius 1 is 0.304 bits per heavy atom. The molecule has 262 valence electrons. The third kappa shape index (κ3) is 5.19. The fourth-order valence-corrected chi connectivity index (χ4v) is 8.69. The number of fused-ring (bicyclic) bond motifs is 7. The molecule has 11 aromatic rings. The van der Waals surface area contributed by atoms with Crippen molar-refractivity contribution in [2.45, 2.75) is 0 Å². The van der Waals surface area contributed by atoms with Crippen LogP contribution in [0.3, 0.4) is 0 Å². The Hall–Kier alpha value is -7.42. The van der Waals surface area contributed by atoms with Gasteiger partial charge in [-0.1, -0.05) is 176 Å². The van der Waals surface area contributed by atoms with Crippen LogP contribution in [0.1, 0.15) is 0 Å². The summed E-state index contributed by atoms with van der Waals surface area (Å²) >= 11 is 0. The topological polar surface area (TPSA) is 16.4 Å². The minimum atomic E-state index is 0.893. The van der Waals surface area contributed by atoms with Gasteiger partial charge in [0.05, 0.1) is 11.4 Å². The van der Waals surface area contributed by atoms with Gasteiger partial charge in [0.1, 0.15) is 11.2 Å². The van der Waals surface area contributed by atoms with Crippen molar-refractivity contribution in [3.8, 4) is 33.4 Å². The van der Waals surface area contributed by atoms with Crippen molar-refractivity contribution in [2.24, 2.45) is 0 Å². The van der Waals surface area contributed by atoms with Gasteiger partial charge in [-0.15, -0.1) is 0 Å². The van der Waals surface area contributed by atoms with E-state index < -0.39 is 0 Å². The molecule has 0 unspecified atom stereocenters. The van der Waals surface area contributed by atoms with Crippen LogP contribution < -0.4 is 4.90 Å². The van der Waals surface area contributed by atoms with E-state index in [2.05, 4.69) is 211 Å². The fraction of sp³-hybridized carbons (Fsp3) is 0. The molecule has 0 atom stereocenters. The standard InChI is InChI=1S/C54H35NO/c1-3-14-36(15-4-1)42-21-11-24-47-45(42)22-12-25-50(47)55(51-26-13-23-46-41-19-8-7-18-38(41)30-33-48(46)51)40-31-28-39(29-32-40)43-34-35-44(37-16-5-2-6-17-37)54-53(43)49-20-9-10-27-52(49)56-54/h1-35H. The van der Waals surface area contributed by atoms with Crippen LogP contribution in [0.2, 0.25) is 0 Å². The minimum Gasteiger partial charge on any atom is -0.455 e. The van der Waals surface area contributed by atoms with Gasteiger partial charge in [0, 0.05) is 32.8 Å². The van der Waals surface area contributed by atoms with Gasteiger partial charge in [0.2, 0.25) is 0 Å². The highest BCUT2D eigenvalue weighted by Crippen LogP contribution is 2.46. The molecule has 0 aliphatic rings. The van der Waals surface area contributed by atoms with Crippen LogP contribution in [-0.2, 0) is 0 Å². The van der Waals surface area contributed by atoms with E-state index in [9.17, 15) is 0 Å². The lowest BCUT2D eigenvalue weighted by atomic mass is 9.94. The normalized spacial score (nSPS) is 11.6. The molecule has 2 heteroatoms. The van der Waals surface area contributed by atoms with E-state index in [4.69, 9.17) is 4.42 Å². The van der Waals surface area contributed by atoms with E-state index >= 15 is 0 Å². The van der Waals surface area contributed by atoms with Crippen molar-refractivity contribution in [1.29, 1.82) is 0 Å². The minimum absolute atomic E-state index is 0.893. The molecule has 56 heavy (non-hydrogen) atoms. The van der Waals surface area contributed by atoms with E-state index in [1.54, 1.807) is 0 Å². The lowest BCUT2D eigenvalue weighted by molar-refractivity contribution is 0.670. The molecular formula is C54H35NO. The number of benzene rings is 10. The predicted octanol–water partition coefficient (Wildman–Crippen LogP) is 15.5.